The Hall–Kier alpha value is -1.73. The first-order chi connectivity index (χ1) is 10.4. The zero-order valence-electron chi connectivity index (χ0n) is 12.9. The predicted molar refractivity (Wildman–Crippen MR) is 80.7 cm³/mol. The van der Waals surface area contributed by atoms with Crippen LogP contribution in [0.2, 0.25) is 0 Å². The second-order valence-corrected chi connectivity index (χ2v) is 7.43. The van der Waals surface area contributed by atoms with E-state index in [0.717, 1.165) is 18.5 Å². The number of hydrogen-bond donors (Lipinski definition) is 0. The third-order valence-corrected chi connectivity index (χ3v) is 6.18. The van der Waals surface area contributed by atoms with Crippen molar-refractivity contribution in [1.82, 2.24) is 14.4 Å². The van der Waals surface area contributed by atoms with Crippen molar-refractivity contribution in [3.05, 3.63) is 41.5 Å². The summed E-state index contributed by atoms with van der Waals surface area (Å²) in [6.45, 7) is 5.15. The van der Waals surface area contributed by atoms with E-state index in [-0.39, 0.29) is 17.0 Å². The molecular weight excluding hydrogens is 302 g/mol. The Kier molecular flexibility index (Phi) is 3.78. The Labute approximate surface area is 130 Å². The maximum absolute atomic E-state index is 13.1. The summed E-state index contributed by atoms with van der Waals surface area (Å²) in [6, 6.07) is 5.23. The molecule has 0 aliphatic heterocycles. The van der Waals surface area contributed by atoms with E-state index in [2.05, 4.69) is 10.1 Å². The first-order valence-corrected chi connectivity index (χ1v) is 8.74. The van der Waals surface area contributed by atoms with Crippen molar-refractivity contribution in [2.75, 3.05) is 0 Å². The Morgan fingerprint density at radius 2 is 2.05 bits per heavy atom. The lowest BCUT2D eigenvalue weighted by Crippen LogP contribution is -2.36. The van der Waals surface area contributed by atoms with Gasteiger partial charge >= 0.3 is 0 Å². The van der Waals surface area contributed by atoms with Crippen molar-refractivity contribution in [2.24, 2.45) is 0 Å². The van der Waals surface area contributed by atoms with Gasteiger partial charge in [0.25, 0.3) is 0 Å². The lowest BCUT2D eigenvalue weighted by Gasteiger charge is -2.27. The minimum absolute atomic E-state index is 0.0238. The molecule has 2 aromatic rings. The van der Waals surface area contributed by atoms with E-state index in [1.807, 2.05) is 25.1 Å². The Morgan fingerprint density at radius 3 is 2.55 bits per heavy atom. The van der Waals surface area contributed by atoms with Gasteiger partial charge in [-0.15, -0.1) is 0 Å². The fourth-order valence-corrected chi connectivity index (χ4v) is 4.90. The van der Waals surface area contributed by atoms with Gasteiger partial charge < -0.3 is 4.52 Å². The van der Waals surface area contributed by atoms with E-state index >= 15 is 0 Å². The molecule has 1 saturated carbocycles. The van der Waals surface area contributed by atoms with Crippen LogP contribution in [0.3, 0.4) is 0 Å². The van der Waals surface area contributed by atoms with Crippen LogP contribution in [0, 0.1) is 13.8 Å². The van der Waals surface area contributed by atoms with E-state index < -0.39 is 10.0 Å². The van der Waals surface area contributed by atoms with Crippen LogP contribution in [-0.4, -0.2) is 28.9 Å². The Morgan fingerprint density at radius 1 is 1.32 bits per heavy atom. The van der Waals surface area contributed by atoms with Gasteiger partial charge in [0.05, 0.1) is 11.7 Å². The number of rotatable bonds is 5. The van der Waals surface area contributed by atoms with Crippen LogP contribution in [0.5, 0.6) is 0 Å². The topological polar surface area (TPSA) is 76.3 Å². The van der Waals surface area contributed by atoms with Gasteiger partial charge in [-0.25, -0.2) is 8.42 Å². The van der Waals surface area contributed by atoms with Crippen molar-refractivity contribution < 1.29 is 12.9 Å². The largest absolute Gasteiger partial charge is 0.360 e. The Bertz CT molecular complexity index is 747. The van der Waals surface area contributed by atoms with Gasteiger partial charge in [-0.2, -0.15) is 4.31 Å². The normalized spacial score (nSPS) is 16.9. The SMILES string of the molecule is Cc1noc(C)c1S(=O)(=O)N(C1CC1)[C@@H](C)c1ccccn1. The van der Waals surface area contributed by atoms with Crippen molar-refractivity contribution in [3.63, 3.8) is 0 Å². The molecule has 6 nitrogen and oxygen atoms in total. The number of nitrogens with zero attached hydrogens (tertiary/aromatic N) is 3. The second-order valence-electron chi connectivity index (χ2n) is 5.65. The molecule has 0 N–H and O–H groups in total. The molecule has 2 heterocycles. The average Bonchev–Trinajstić information content (AvgIpc) is 3.24. The van der Waals surface area contributed by atoms with Crippen LogP contribution in [-0.2, 0) is 10.0 Å². The minimum atomic E-state index is -3.67. The van der Waals surface area contributed by atoms with Crippen LogP contribution in [0.1, 0.15) is 43.0 Å². The summed E-state index contributed by atoms with van der Waals surface area (Å²) in [7, 11) is -3.67. The van der Waals surface area contributed by atoms with Crippen LogP contribution < -0.4 is 0 Å². The molecule has 0 bridgehead atoms. The molecule has 0 aromatic carbocycles. The van der Waals surface area contributed by atoms with Gasteiger partial charge in [-0.3, -0.25) is 4.98 Å². The molecule has 1 aliphatic rings. The van der Waals surface area contributed by atoms with Crippen molar-refractivity contribution in [1.29, 1.82) is 0 Å². The fourth-order valence-electron chi connectivity index (χ4n) is 2.75. The zero-order chi connectivity index (χ0) is 15.9. The van der Waals surface area contributed by atoms with Gasteiger partial charge in [0, 0.05) is 12.2 Å². The highest BCUT2D eigenvalue weighted by Gasteiger charge is 2.44. The van der Waals surface area contributed by atoms with Gasteiger partial charge in [-0.05, 0) is 45.7 Å². The number of aromatic nitrogens is 2. The van der Waals surface area contributed by atoms with Crippen molar-refractivity contribution in [3.8, 4) is 0 Å². The molecule has 118 valence electrons. The molecule has 1 aliphatic carbocycles. The molecule has 0 saturated heterocycles. The van der Waals surface area contributed by atoms with Gasteiger partial charge in [0.15, 0.2) is 5.76 Å². The van der Waals surface area contributed by atoms with Gasteiger partial charge in [-0.1, -0.05) is 11.2 Å². The van der Waals surface area contributed by atoms with E-state index in [4.69, 9.17) is 4.52 Å². The molecule has 1 atom stereocenters. The third kappa shape index (κ3) is 2.55. The van der Waals surface area contributed by atoms with Crippen molar-refractivity contribution in [2.45, 2.75) is 50.6 Å². The maximum atomic E-state index is 13.1. The van der Waals surface area contributed by atoms with Gasteiger partial charge in [0.2, 0.25) is 10.0 Å². The summed E-state index contributed by atoms with van der Waals surface area (Å²) < 4.78 is 32.9. The van der Waals surface area contributed by atoms with Crippen LogP contribution >= 0.6 is 0 Å². The smallest absolute Gasteiger partial charge is 0.249 e. The summed E-state index contributed by atoms with van der Waals surface area (Å²) in [5, 5.41) is 3.78. The van der Waals surface area contributed by atoms with Crippen LogP contribution in [0.4, 0.5) is 0 Å². The van der Waals surface area contributed by atoms with E-state index in [1.165, 1.54) is 0 Å². The first kappa shape index (κ1) is 15.2. The number of aryl methyl sites for hydroxylation is 2. The quantitative estimate of drug-likeness (QED) is 0.846. The molecule has 0 radical (unpaired) electrons. The highest BCUT2D eigenvalue weighted by Crippen LogP contribution is 2.39. The Balaban J connectivity index is 2.05. The summed E-state index contributed by atoms with van der Waals surface area (Å²) in [6.07, 6.45) is 3.43. The predicted octanol–water partition coefficient (Wildman–Crippen LogP) is 2.60. The average molecular weight is 321 g/mol. The van der Waals surface area contributed by atoms with E-state index in [0.29, 0.717) is 11.5 Å². The second kappa shape index (κ2) is 5.48. The first-order valence-electron chi connectivity index (χ1n) is 7.30. The standard InChI is InChI=1S/C15H19N3O3S/c1-10-15(12(3)21-17-10)22(19,20)18(13-7-8-13)11(2)14-6-4-5-9-16-14/h4-6,9,11,13H,7-8H2,1-3H3/t11-/m0/s1. The fraction of sp³-hybridized carbons (Fsp3) is 0.467. The number of hydrogen-bond acceptors (Lipinski definition) is 5. The van der Waals surface area contributed by atoms with E-state index in [9.17, 15) is 8.42 Å². The molecule has 2 aromatic heterocycles. The summed E-state index contributed by atoms with van der Waals surface area (Å²) in [4.78, 5) is 4.49. The number of pyridine rings is 1. The summed E-state index contributed by atoms with van der Waals surface area (Å²) in [5.74, 6) is 0.330. The highest BCUT2D eigenvalue weighted by atomic mass is 32.2. The molecular formula is C15H19N3O3S. The zero-order valence-corrected chi connectivity index (χ0v) is 13.7. The number of sulfonamides is 1. The van der Waals surface area contributed by atoms with Crippen LogP contribution in [0.15, 0.2) is 33.8 Å². The summed E-state index contributed by atoms with van der Waals surface area (Å²) in [5.41, 5.74) is 1.14. The van der Waals surface area contributed by atoms with Crippen molar-refractivity contribution >= 4 is 10.0 Å². The molecule has 1 fully saturated rings. The summed E-state index contributed by atoms with van der Waals surface area (Å²) >= 11 is 0. The third-order valence-electron chi connectivity index (χ3n) is 3.91. The molecule has 7 heteroatoms. The molecule has 22 heavy (non-hydrogen) atoms. The lowest BCUT2D eigenvalue weighted by molar-refractivity contribution is 0.327. The van der Waals surface area contributed by atoms with Gasteiger partial charge in [0.1, 0.15) is 10.6 Å². The minimum Gasteiger partial charge on any atom is -0.360 e. The lowest BCUT2D eigenvalue weighted by atomic mass is 10.2. The molecule has 0 spiro atoms. The molecule has 0 amide bonds. The maximum Gasteiger partial charge on any atom is 0.249 e. The molecule has 0 unspecified atom stereocenters. The van der Waals surface area contributed by atoms with E-state index in [1.54, 1.807) is 24.3 Å². The van der Waals surface area contributed by atoms with Crippen LogP contribution in [0.25, 0.3) is 0 Å². The molecule has 3 rings (SSSR count). The monoisotopic (exact) mass is 321 g/mol. The highest BCUT2D eigenvalue weighted by molar-refractivity contribution is 7.89.